The number of amides is 1. The lowest BCUT2D eigenvalue weighted by atomic mass is 10.0. The normalized spacial score (nSPS) is 21.8. The number of carbonyl (C=O) groups excluding carboxylic acids is 1. The third kappa shape index (κ3) is 2.65. The molecule has 1 N–H and O–H groups in total. The summed E-state index contributed by atoms with van der Waals surface area (Å²) in [5, 5.41) is 5.63. The first kappa shape index (κ1) is 13.6. The van der Waals surface area contributed by atoms with Gasteiger partial charge in [0.1, 0.15) is 5.82 Å². The van der Waals surface area contributed by atoms with E-state index >= 15 is 0 Å². The maximum Gasteiger partial charge on any atom is 0.223 e. The molecule has 22 heavy (non-hydrogen) atoms. The number of carbonyl (C=O) groups is 1. The first-order valence-electron chi connectivity index (χ1n) is 8.20. The van der Waals surface area contributed by atoms with Crippen molar-refractivity contribution in [2.75, 3.05) is 18.0 Å². The maximum atomic E-state index is 12.0. The lowest BCUT2D eigenvalue weighted by Crippen LogP contribution is -2.48. The average molecular weight is 295 g/mol. The van der Waals surface area contributed by atoms with Gasteiger partial charge in [0.05, 0.1) is 0 Å². The number of anilines is 1. The predicted octanol–water partition coefficient (Wildman–Crippen LogP) is 2.73. The van der Waals surface area contributed by atoms with Crippen LogP contribution in [0.3, 0.4) is 0 Å². The maximum absolute atomic E-state index is 12.0. The van der Waals surface area contributed by atoms with E-state index in [4.69, 9.17) is 0 Å². The van der Waals surface area contributed by atoms with Gasteiger partial charge in [0.15, 0.2) is 0 Å². The Morgan fingerprint density at radius 1 is 1.18 bits per heavy atom. The van der Waals surface area contributed by atoms with Crippen LogP contribution in [0.4, 0.5) is 5.82 Å². The van der Waals surface area contributed by atoms with E-state index in [1.54, 1.807) is 0 Å². The number of aromatic nitrogens is 1. The van der Waals surface area contributed by atoms with Gasteiger partial charge < -0.3 is 10.2 Å². The second kappa shape index (κ2) is 5.59. The van der Waals surface area contributed by atoms with Crippen LogP contribution in [0.5, 0.6) is 0 Å². The van der Waals surface area contributed by atoms with E-state index < -0.39 is 0 Å². The van der Waals surface area contributed by atoms with Crippen LogP contribution in [0, 0.1) is 5.92 Å². The van der Waals surface area contributed by atoms with Gasteiger partial charge >= 0.3 is 0 Å². The number of nitrogens with one attached hydrogen (secondary N) is 1. The zero-order valence-corrected chi connectivity index (χ0v) is 12.7. The van der Waals surface area contributed by atoms with Crippen LogP contribution < -0.4 is 10.2 Å². The highest BCUT2D eigenvalue weighted by Crippen LogP contribution is 2.30. The van der Waals surface area contributed by atoms with Gasteiger partial charge in [0.2, 0.25) is 5.91 Å². The molecule has 0 bridgehead atoms. The van der Waals surface area contributed by atoms with Crippen molar-refractivity contribution in [2.45, 2.75) is 31.7 Å². The summed E-state index contributed by atoms with van der Waals surface area (Å²) < 4.78 is 0. The summed E-state index contributed by atoms with van der Waals surface area (Å²) in [6.07, 6.45) is 6.17. The topological polar surface area (TPSA) is 45.2 Å². The van der Waals surface area contributed by atoms with Crippen LogP contribution in [0.25, 0.3) is 10.8 Å². The van der Waals surface area contributed by atoms with E-state index in [0.29, 0.717) is 0 Å². The lowest BCUT2D eigenvalue weighted by Gasteiger charge is -2.34. The summed E-state index contributed by atoms with van der Waals surface area (Å²) >= 11 is 0. The molecule has 0 spiro atoms. The van der Waals surface area contributed by atoms with Crippen LogP contribution in [0.2, 0.25) is 0 Å². The Kier molecular flexibility index (Phi) is 3.45. The molecule has 1 atom stereocenters. The van der Waals surface area contributed by atoms with Crippen molar-refractivity contribution in [3.8, 4) is 0 Å². The van der Waals surface area contributed by atoms with Gasteiger partial charge in [0.25, 0.3) is 0 Å². The minimum atomic E-state index is 0.248. The molecule has 2 aromatic rings. The number of hydrogen-bond donors (Lipinski definition) is 1. The van der Waals surface area contributed by atoms with Gasteiger partial charge in [-0.3, -0.25) is 4.79 Å². The Morgan fingerprint density at radius 3 is 2.91 bits per heavy atom. The van der Waals surface area contributed by atoms with E-state index in [1.807, 2.05) is 6.20 Å². The highest BCUT2D eigenvalue weighted by molar-refractivity contribution is 5.92. The van der Waals surface area contributed by atoms with E-state index in [9.17, 15) is 4.79 Å². The Bertz CT molecular complexity index is 690. The number of hydrogen-bond acceptors (Lipinski definition) is 3. The van der Waals surface area contributed by atoms with Crippen molar-refractivity contribution < 1.29 is 4.79 Å². The highest BCUT2D eigenvalue weighted by Gasteiger charge is 2.32. The second-order valence-corrected chi connectivity index (χ2v) is 6.42. The molecule has 4 heteroatoms. The zero-order valence-electron chi connectivity index (χ0n) is 12.7. The van der Waals surface area contributed by atoms with Crippen molar-refractivity contribution in [1.82, 2.24) is 10.3 Å². The monoisotopic (exact) mass is 295 g/mol. The molecule has 2 aliphatic rings. The molecule has 1 aliphatic heterocycles. The largest absolute Gasteiger partial charge is 0.354 e. The predicted molar refractivity (Wildman–Crippen MR) is 87.8 cm³/mol. The molecule has 4 nitrogen and oxygen atoms in total. The first-order chi connectivity index (χ1) is 10.8. The van der Waals surface area contributed by atoms with Gasteiger partial charge in [-0.25, -0.2) is 4.98 Å². The van der Waals surface area contributed by atoms with Crippen molar-refractivity contribution in [1.29, 1.82) is 0 Å². The fourth-order valence-corrected chi connectivity index (χ4v) is 3.31. The molecular formula is C18H21N3O. The molecule has 4 rings (SSSR count). The summed E-state index contributed by atoms with van der Waals surface area (Å²) in [4.78, 5) is 18.9. The van der Waals surface area contributed by atoms with Gasteiger partial charge in [-0.05, 0) is 37.1 Å². The van der Waals surface area contributed by atoms with Gasteiger partial charge in [-0.15, -0.1) is 0 Å². The molecule has 1 aliphatic carbocycles. The van der Waals surface area contributed by atoms with E-state index in [0.717, 1.165) is 44.6 Å². The molecule has 0 radical (unpaired) electrons. The highest BCUT2D eigenvalue weighted by atomic mass is 16.2. The standard InChI is InChI=1S/C18H21N3O/c22-18(14-7-8-14)20-15-5-3-11-21(12-15)17-16-6-2-1-4-13(16)9-10-19-17/h1-2,4,6,9-10,14-15H,3,5,7-8,11-12H2,(H,20,22). The molecule has 1 aromatic heterocycles. The van der Waals surface area contributed by atoms with Crippen LogP contribution >= 0.6 is 0 Å². The van der Waals surface area contributed by atoms with E-state index in [2.05, 4.69) is 45.5 Å². The van der Waals surface area contributed by atoms with Gasteiger partial charge in [-0.2, -0.15) is 0 Å². The van der Waals surface area contributed by atoms with Crippen molar-refractivity contribution in [3.05, 3.63) is 36.5 Å². The molecule has 2 heterocycles. The van der Waals surface area contributed by atoms with Gasteiger partial charge in [-0.1, -0.05) is 24.3 Å². The Hall–Kier alpha value is -2.10. The summed E-state index contributed by atoms with van der Waals surface area (Å²) in [5.74, 6) is 1.58. The Labute approximate surface area is 130 Å². The van der Waals surface area contributed by atoms with E-state index in [1.165, 1.54) is 10.8 Å². The minimum absolute atomic E-state index is 0.248. The number of benzene rings is 1. The zero-order chi connectivity index (χ0) is 14.9. The molecule has 1 unspecified atom stereocenters. The molecule has 1 saturated heterocycles. The molecule has 1 aromatic carbocycles. The van der Waals surface area contributed by atoms with Crippen molar-refractivity contribution in [2.24, 2.45) is 5.92 Å². The number of nitrogens with zero attached hydrogens (tertiary/aromatic N) is 2. The lowest BCUT2D eigenvalue weighted by molar-refractivity contribution is -0.123. The fraction of sp³-hybridized carbons (Fsp3) is 0.444. The average Bonchev–Trinajstić information content (AvgIpc) is 3.39. The van der Waals surface area contributed by atoms with Crippen LogP contribution in [0.1, 0.15) is 25.7 Å². The van der Waals surface area contributed by atoms with Crippen LogP contribution in [-0.2, 0) is 4.79 Å². The van der Waals surface area contributed by atoms with Gasteiger partial charge in [0, 0.05) is 36.6 Å². The smallest absolute Gasteiger partial charge is 0.223 e. The Morgan fingerprint density at radius 2 is 2.05 bits per heavy atom. The van der Waals surface area contributed by atoms with Crippen molar-refractivity contribution in [3.63, 3.8) is 0 Å². The third-order valence-electron chi connectivity index (χ3n) is 4.67. The van der Waals surface area contributed by atoms with E-state index in [-0.39, 0.29) is 17.9 Å². The number of rotatable bonds is 3. The molecular weight excluding hydrogens is 274 g/mol. The third-order valence-corrected chi connectivity index (χ3v) is 4.67. The van der Waals surface area contributed by atoms with Crippen LogP contribution in [0.15, 0.2) is 36.5 Å². The summed E-state index contributed by atoms with van der Waals surface area (Å²) in [6.45, 7) is 1.87. The minimum Gasteiger partial charge on any atom is -0.354 e. The number of fused-ring (bicyclic) bond motifs is 1. The molecule has 1 amide bonds. The first-order valence-corrected chi connectivity index (χ1v) is 8.20. The van der Waals surface area contributed by atoms with Crippen molar-refractivity contribution >= 4 is 22.5 Å². The Balaban J connectivity index is 1.54. The summed E-state index contributed by atoms with van der Waals surface area (Å²) in [6, 6.07) is 10.7. The summed E-state index contributed by atoms with van der Waals surface area (Å²) in [7, 11) is 0. The molecule has 1 saturated carbocycles. The SMILES string of the molecule is O=C(NC1CCCN(c2nccc3ccccc23)C1)C1CC1. The fourth-order valence-electron chi connectivity index (χ4n) is 3.31. The quantitative estimate of drug-likeness (QED) is 0.947. The molecule has 114 valence electrons. The number of piperidine rings is 1. The van der Waals surface area contributed by atoms with Crippen LogP contribution in [-0.4, -0.2) is 30.0 Å². The summed E-state index contributed by atoms with van der Waals surface area (Å²) in [5.41, 5.74) is 0. The number of pyridine rings is 1. The molecule has 2 fully saturated rings. The second-order valence-electron chi connectivity index (χ2n) is 6.42.